The number of hydrogen-bond donors (Lipinski definition) is 1. The zero-order valence-electron chi connectivity index (χ0n) is 14.6. The molecule has 0 aliphatic carbocycles. The van der Waals surface area contributed by atoms with Crippen molar-refractivity contribution in [2.45, 2.75) is 13.8 Å². The summed E-state index contributed by atoms with van der Waals surface area (Å²) in [5.41, 5.74) is 3.97. The predicted octanol–water partition coefficient (Wildman–Crippen LogP) is 3.22. The minimum absolute atomic E-state index is 0.0185. The Morgan fingerprint density at radius 1 is 1.16 bits per heavy atom. The van der Waals surface area contributed by atoms with E-state index in [1.165, 1.54) is 16.8 Å². The number of hydrogen-bond acceptors (Lipinski definition) is 4. The fourth-order valence-electron chi connectivity index (χ4n) is 3.06. The molecule has 1 saturated heterocycles. The average molecular weight is 403 g/mol. The van der Waals surface area contributed by atoms with E-state index < -0.39 is 0 Å². The van der Waals surface area contributed by atoms with Crippen molar-refractivity contribution < 1.29 is 4.79 Å². The second-order valence-electron chi connectivity index (χ2n) is 6.39. The number of nitrogens with zero attached hydrogens (tertiary/aromatic N) is 3. The molecule has 3 rings (SSSR count). The number of anilines is 2. The molecule has 1 amide bonds. The van der Waals surface area contributed by atoms with Crippen molar-refractivity contribution in [1.29, 1.82) is 0 Å². The van der Waals surface area contributed by atoms with E-state index in [1.807, 2.05) is 6.07 Å². The van der Waals surface area contributed by atoms with Gasteiger partial charge in [0, 0.05) is 42.5 Å². The first-order valence-corrected chi connectivity index (χ1v) is 9.27. The van der Waals surface area contributed by atoms with Gasteiger partial charge in [-0.2, -0.15) is 0 Å². The summed E-state index contributed by atoms with van der Waals surface area (Å²) in [7, 11) is 0. The number of amides is 1. The fraction of sp³-hybridized carbons (Fsp3) is 0.368. The van der Waals surface area contributed by atoms with Gasteiger partial charge >= 0.3 is 0 Å². The summed E-state index contributed by atoms with van der Waals surface area (Å²) in [4.78, 5) is 21.0. The Morgan fingerprint density at radius 2 is 1.92 bits per heavy atom. The van der Waals surface area contributed by atoms with Crippen LogP contribution in [0.1, 0.15) is 11.1 Å². The van der Waals surface area contributed by atoms with Crippen molar-refractivity contribution in [1.82, 2.24) is 9.88 Å². The van der Waals surface area contributed by atoms with E-state index in [-0.39, 0.29) is 5.91 Å². The van der Waals surface area contributed by atoms with Gasteiger partial charge in [0.15, 0.2) is 0 Å². The Kier molecular flexibility index (Phi) is 5.71. The monoisotopic (exact) mass is 402 g/mol. The third-order valence-electron chi connectivity index (χ3n) is 4.65. The van der Waals surface area contributed by atoms with Crippen LogP contribution in [0.15, 0.2) is 41.0 Å². The number of halogens is 1. The Morgan fingerprint density at radius 3 is 2.60 bits per heavy atom. The molecule has 2 aromatic rings. The first-order chi connectivity index (χ1) is 12.0. The summed E-state index contributed by atoms with van der Waals surface area (Å²) in [6.45, 7) is 8.37. The lowest BCUT2D eigenvalue weighted by molar-refractivity contribution is -0.117. The lowest BCUT2D eigenvalue weighted by Crippen LogP contribution is -2.48. The van der Waals surface area contributed by atoms with Gasteiger partial charge in [-0.15, -0.1) is 0 Å². The number of benzene rings is 1. The highest BCUT2D eigenvalue weighted by atomic mass is 79.9. The number of aromatic nitrogens is 1. The van der Waals surface area contributed by atoms with E-state index in [0.717, 1.165) is 30.7 Å². The molecule has 132 valence electrons. The third-order valence-corrected chi connectivity index (χ3v) is 5.12. The summed E-state index contributed by atoms with van der Waals surface area (Å²) >= 11 is 3.34. The van der Waals surface area contributed by atoms with E-state index in [0.29, 0.717) is 12.4 Å². The smallest absolute Gasteiger partial charge is 0.239 e. The van der Waals surface area contributed by atoms with Gasteiger partial charge in [0.1, 0.15) is 5.82 Å². The summed E-state index contributed by atoms with van der Waals surface area (Å²) < 4.78 is 0.896. The molecule has 1 aliphatic rings. The van der Waals surface area contributed by atoms with Gasteiger partial charge in [-0.25, -0.2) is 4.98 Å². The highest BCUT2D eigenvalue weighted by Gasteiger charge is 2.20. The van der Waals surface area contributed by atoms with Crippen LogP contribution in [-0.2, 0) is 4.79 Å². The first-order valence-electron chi connectivity index (χ1n) is 8.48. The maximum absolute atomic E-state index is 12.2. The molecule has 0 radical (unpaired) electrons. The summed E-state index contributed by atoms with van der Waals surface area (Å²) in [5, 5.41) is 2.85. The number of pyridine rings is 1. The van der Waals surface area contributed by atoms with Crippen LogP contribution in [-0.4, -0.2) is 48.5 Å². The molecular weight excluding hydrogens is 380 g/mol. The Bertz CT molecular complexity index is 740. The molecule has 6 heteroatoms. The molecule has 25 heavy (non-hydrogen) atoms. The van der Waals surface area contributed by atoms with Crippen LogP contribution in [0.25, 0.3) is 0 Å². The standard InChI is InChI=1S/C19H23BrN4O/c1-14-4-3-5-17(15(14)2)24-10-8-23(9-11-24)13-19(25)22-18-7-6-16(20)12-21-18/h3-7,12H,8-11,13H2,1-2H3,(H,21,22,25). The van der Waals surface area contributed by atoms with Crippen molar-refractivity contribution in [3.63, 3.8) is 0 Å². The Labute approximate surface area is 157 Å². The second-order valence-corrected chi connectivity index (χ2v) is 7.31. The lowest BCUT2D eigenvalue weighted by Gasteiger charge is -2.36. The molecule has 1 aromatic heterocycles. The van der Waals surface area contributed by atoms with E-state index in [1.54, 1.807) is 12.3 Å². The van der Waals surface area contributed by atoms with Crippen LogP contribution in [0.5, 0.6) is 0 Å². The quantitative estimate of drug-likeness (QED) is 0.852. The molecule has 2 heterocycles. The van der Waals surface area contributed by atoms with Gasteiger partial charge in [-0.05, 0) is 59.1 Å². The highest BCUT2D eigenvalue weighted by Crippen LogP contribution is 2.23. The Balaban J connectivity index is 1.51. The van der Waals surface area contributed by atoms with Crippen molar-refractivity contribution in [2.75, 3.05) is 42.9 Å². The van der Waals surface area contributed by atoms with Gasteiger partial charge in [-0.1, -0.05) is 12.1 Å². The SMILES string of the molecule is Cc1cccc(N2CCN(CC(=O)Nc3ccc(Br)cn3)CC2)c1C. The van der Waals surface area contributed by atoms with Crippen LogP contribution < -0.4 is 10.2 Å². The fourth-order valence-corrected chi connectivity index (χ4v) is 3.29. The van der Waals surface area contributed by atoms with Crippen LogP contribution in [0, 0.1) is 13.8 Å². The molecule has 0 bridgehead atoms. The van der Waals surface area contributed by atoms with E-state index in [2.05, 4.69) is 68.1 Å². The number of piperazine rings is 1. The predicted molar refractivity (Wildman–Crippen MR) is 105 cm³/mol. The molecule has 1 N–H and O–H groups in total. The molecule has 0 atom stereocenters. The number of aryl methyl sites for hydroxylation is 1. The third kappa shape index (κ3) is 4.58. The van der Waals surface area contributed by atoms with Gasteiger partial charge in [-0.3, -0.25) is 9.69 Å². The van der Waals surface area contributed by atoms with Crippen LogP contribution in [0.2, 0.25) is 0 Å². The minimum Gasteiger partial charge on any atom is -0.369 e. The van der Waals surface area contributed by atoms with Gasteiger partial charge in [0.05, 0.1) is 6.54 Å². The highest BCUT2D eigenvalue weighted by molar-refractivity contribution is 9.10. The second kappa shape index (κ2) is 7.97. The molecule has 1 aromatic carbocycles. The van der Waals surface area contributed by atoms with E-state index in [4.69, 9.17) is 0 Å². The van der Waals surface area contributed by atoms with E-state index >= 15 is 0 Å². The van der Waals surface area contributed by atoms with Crippen LogP contribution >= 0.6 is 15.9 Å². The normalized spacial score (nSPS) is 15.2. The lowest BCUT2D eigenvalue weighted by atomic mass is 10.1. The Hall–Kier alpha value is -1.92. The summed E-state index contributed by atoms with van der Waals surface area (Å²) in [6, 6.07) is 10.1. The number of carbonyl (C=O) groups excluding carboxylic acids is 1. The molecule has 1 aliphatic heterocycles. The molecule has 0 saturated carbocycles. The van der Waals surface area contributed by atoms with Crippen molar-refractivity contribution >= 4 is 33.3 Å². The topological polar surface area (TPSA) is 48.5 Å². The van der Waals surface area contributed by atoms with Crippen molar-refractivity contribution in [2.24, 2.45) is 0 Å². The zero-order chi connectivity index (χ0) is 17.8. The van der Waals surface area contributed by atoms with Gasteiger partial charge in [0.25, 0.3) is 0 Å². The molecule has 1 fully saturated rings. The van der Waals surface area contributed by atoms with Crippen molar-refractivity contribution in [3.8, 4) is 0 Å². The molecular formula is C19H23BrN4O. The maximum Gasteiger partial charge on any atom is 0.239 e. The van der Waals surface area contributed by atoms with E-state index in [9.17, 15) is 4.79 Å². The average Bonchev–Trinajstić information content (AvgIpc) is 2.60. The van der Waals surface area contributed by atoms with Gasteiger partial charge < -0.3 is 10.2 Å². The minimum atomic E-state index is -0.0185. The summed E-state index contributed by atoms with van der Waals surface area (Å²) in [6.07, 6.45) is 1.68. The molecule has 0 unspecified atom stereocenters. The molecule has 0 spiro atoms. The largest absolute Gasteiger partial charge is 0.369 e. The maximum atomic E-state index is 12.2. The van der Waals surface area contributed by atoms with Crippen LogP contribution in [0.3, 0.4) is 0 Å². The van der Waals surface area contributed by atoms with Gasteiger partial charge in [0.2, 0.25) is 5.91 Å². The van der Waals surface area contributed by atoms with Crippen molar-refractivity contribution in [3.05, 3.63) is 52.1 Å². The zero-order valence-corrected chi connectivity index (χ0v) is 16.2. The number of nitrogens with one attached hydrogen (secondary N) is 1. The first kappa shape index (κ1) is 17.9. The van der Waals surface area contributed by atoms with Crippen LogP contribution in [0.4, 0.5) is 11.5 Å². The number of carbonyl (C=O) groups is 1. The summed E-state index contributed by atoms with van der Waals surface area (Å²) in [5.74, 6) is 0.567. The number of rotatable bonds is 4. The molecule has 5 nitrogen and oxygen atoms in total.